The highest BCUT2D eigenvalue weighted by molar-refractivity contribution is 7.90. The summed E-state index contributed by atoms with van der Waals surface area (Å²) in [4.78, 5) is 0. The molecule has 0 spiro atoms. The molecule has 0 aliphatic heterocycles. The molecule has 108 valence electrons. The molecule has 0 bridgehead atoms. The van der Waals surface area contributed by atoms with Crippen molar-refractivity contribution in [1.82, 2.24) is 4.72 Å². The summed E-state index contributed by atoms with van der Waals surface area (Å²) in [7, 11) is -4.32. The Kier molecular flexibility index (Phi) is 4.31. The molecule has 1 rings (SSSR count). The summed E-state index contributed by atoms with van der Waals surface area (Å²) in [6, 6.07) is 2.65. The van der Waals surface area contributed by atoms with Crippen LogP contribution >= 0.6 is 0 Å². The molecule has 0 saturated carbocycles. The second-order valence-corrected chi connectivity index (χ2v) is 5.50. The fraction of sp³-hybridized carbons (Fsp3) is 0.400. The number of anilines is 1. The third-order valence-corrected chi connectivity index (χ3v) is 3.26. The molecule has 5 nitrogen and oxygen atoms in total. The minimum absolute atomic E-state index is 0.0244. The average Bonchev–Trinajstić information content (AvgIpc) is 2.22. The van der Waals surface area contributed by atoms with Crippen LogP contribution in [0.15, 0.2) is 12.1 Å². The number of halogens is 3. The predicted octanol–water partition coefficient (Wildman–Crippen LogP) is 1.82. The lowest BCUT2D eigenvalue weighted by atomic mass is 10.1. The van der Waals surface area contributed by atoms with Gasteiger partial charge in [-0.25, -0.2) is 0 Å². The van der Waals surface area contributed by atoms with Gasteiger partial charge in [0.05, 0.1) is 5.69 Å². The van der Waals surface area contributed by atoms with Crippen molar-refractivity contribution in [1.29, 1.82) is 0 Å². The highest BCUT2D eigenvalue weighted by Crippen LogP contribution is 2.25. The topological polar surface area (TPSA) is 78.4 Å². The van der Waals surface area contributed by atoms with Crippen molar-refractivity contribution < 1.29 is 26.7 Å². The summed E-state index contributed by atoms with van der Waals surface area (Å²) >= 11 is 0. The second-order valence-electron chi connectivity index (χ2n) is 4.00. The Labute approximate surface area is 108 Å². The van der Waals surface area contributed by atoms with Crippen LogP contribution < -0.4 is 9.44 Å². The largest absolute Gasteiger partial charge is 0.508 e. The fourth-order valence-electron chi connectivity index (χ4n) is 1.27. The number of hydrogen-bond donors (Lipinski definition) is 3. The van der Waals surface area contributed by atoms with Gasteiger partial charge in [-0.2, -0.15) is 26.3 Å². The Hall–Kier alpha value is -1.48. The molecule has 1 aromatic carbocycles. The number of nitrogens with one attached hydrogen (secondary N) is 2. The molecule has 9 heteroatoms. The minimum atomic E-state index is -4.63. The van der Waals surface area contributed by atoms with Gasteiger partial charge in [0.25, 0.3) is 10.2 Å². The van der Waals surface area contributed by atoms with Crippen LogP contribution in [0, 0.1) is 13.8 Å². The number of rotatable bonds is 4. The van der Waals surface area contributed by atoms with E-state index in [-0.39, 0.29) is 11.4 Å². The Morgan fingerprint density at radius 2 is 1.79 bits per heavy atom. The Morgan fingerprint density at radius 1 is 1.21 bits per heavy atom. The van der Waals surface area contributed by atoms with E-state index in [0.29, 0.717) is 11.1 Å². The van der Waals surface area contributed by atoms with Gasteiger partial charge in [-0.1, -0.05) is 0 Å². The maximum absolute atomic E-state index is 11.9. The molecule has 0 aliphatic carbocycles. The molecule has 0 unspecified atom stereocenters. The third kappa shape index (κ3) is 4.95. The van der Waals surface area contributed by atoms with Crippen LogP contribution in [-0.2, 0) is 10.2 Å². The predicted molar refractivity (Wildman–Crippen MR) is 64.2 cm³/mol. The van der Waals surface area contributed by atoms with Gasteiger partial charge in [-0.05, 0) is 37.1 Å². The number of phenols is 1. The molecule has 0 heterocycles. The lowest BCUT2D eigenvalue weighted by molar-refractivity contribution is -0.121. The zero-order valence-corrected chi connectivity index (χ0v) is 11.0. The molecular weight excluding hydrogens is 285 g/mol. The van der Waals surface area contributed by atoms with Gasteiger partial charge in [0, 0.05) is 0 Å². The molecule has 0 fully saturated rings. The number of aromatic hydroxyl groups is 1. The first-order valence-corrected chi connectivity index (χ1v) is 6.63. The molecule has 0 saturated heterocycles. The fourth-order valence-corrected chi connectivity index (χ4v) is 2.20. The van der Waals surface area contributed by atoms with Crippen LogP contribution in [0.4, 0.5) is 18.9 Å². The van der Waals surface area contributed by atoms with Crippen LogP contribution in [0.25, 0.3) is 0 Å². The summed E-state index contributed by atoms with van der Waals surface area (Å²) in [5.74, 6) is -0.0244. The van der Waals surface area contributed by atoms with E-state index >= 15 is 0 Å². The van der Waals surface area contributed by atoms with Crippen molar-refractivity contribution >= 4 is 15.9 Å². The van der Waals surface area contributed by atoms with Crippen LogP contribution in [0.3, 0.4) is 0 Å². The lowest BCUT2D eigenvalue weighted by Gasteiger charge is -2.13. The van der Waals surface area contributed by atoms with E-state index < -0.39 is 22.9 Å². The van der Waals surface area contributed by atoms with Gasteiger partial charge in [0.2, 0.25) is 0 Å². The molecule has 0 aromatic heterocycles. The molecule has 0 radical (unpaired) electrons. The van der Waals surface area contributed by atoms with E-state index in [1.807, 2.05) is 4.72 Å². The van der Waals surface area contributed by atoms with E-state index in [2.05, 4.69) is 0 Å². The van der Waals surface area contributed by atoms with Gasteiger partial charge < -0.3 is 5.11 Å². The van der Waals surface area contributed by atoms with Crippen molar-refractivity contribution in [2.75, 3.05) is 11.3 Å². The Balaban J connectivity index is 2.87. The van der Waals surface area contributed by atoms with E-state index in [4.69, 9.17) is 0 Å². The first-order valence-electron chi connectivity index (χ1n) is 5.14. The van der Waals surface area contributed by atoms with E-state index in [1.54, 1.807) is 0 Å². The van der Waals surface area contributed by atoms with E-state index in [1.165, 1.54) is 30.7 Å². The molecule has 1 aromatic rings. The van der Waals surface area contributed by atoms with E-state index in [9.17, 15) is 26.7 Å². The van der Waals surface area contributed by atoms with Crippen molar-refractivity contribution in [2.24, 2.45) is 0 Å². The van der Waals surface area contributed by atoms with Gasteiger partial charge in [0.15, 0.2) is 0 Å². The summed E-state index contributed by atoms with van der Waals surface area (Å²) in [5, 5.41) is 9.39. The summed E-state index contributed by atoms with van der Waals surface area (Å²) in [5.41, 5.74) is 0.893. The van der Waals surface area contributed by atoms with Crippen molar-refractivity contribution in [3.8, 4) is 5.75 Å². The third-order valence-electron chi connectivity index (χ3n) is 2.25. The SMILES string of the molecule is Cc1cc(NS(=O)(=O)NCC(F)(F)F)c(C)cc1O. The Bertz CT molecular complexity index is 570. The molecule has 3 N–H and O–H groups in total. The van der Waals surface area contributed by atoms with Crippen LogP contribution in [0.2, 0.25) is 0 Å². The normalized spacial score (nSPS) is 12.5. The standard InChI is InChI=1S/C10H13F3N2O3S/c1-6-4-9(16)7(2)3-8(6)15-19(17,18)14-5-10(11,12)13/h3-4,14-16H,5H2,1-2H3. The Morgan fingerprint density at radius 3 is 2.32 bits per heavy atom. The zero-order chi connectivity index (χ0) is 14.8. The molecule has 0 aliphatic rings. The highest BCUT2D eigenvalue weighted by Gasteiger charge is 2.29. The minimum Gasteiger partial charge on any atom is -0.508 e. The number of phenolic OH excluding ortho intramolecular Hbond substituents is 1. The summed E-state index contributed by atoms with van der Waals surface area (Å²) in [6.45, 7) is 1.40. The summed E-state index contributed by atoms with van der Waals surface area (Å²) < 4.78 is 62.0. The quantitative estimate of drug-likeness (QED) is 0.742. The van der Waals surface area contributed by atoms with Crippen molar-refractivity contribution in [3.05, 3.63) is 23.3 Å². The number of hydrogen-bond acceptors (Lipinski definition) is 3. The maximum atomic E-state index is 11.9. The van der Waals surface area contributed by atoms with Gasteiger partial charge in [-0.3, -0.25) is 4.72 Å². The first-order chi connectivity index (χ1) is 8.50. The van der Waals surface area contributed by atoms with Gasteiger partial charge in [0.1, 0.15) is 12.3 Å². The molecule has 19 heavy (non-hydrogen) atoms. The zero-order valence-electron chi connectivity index (χ0n) is 10.2. The highest BCUT2D eigenvalue weighted by atomic mass is 32.2. The van der Waals surface area contributed by atoms with Crippen LogP contribution in [-0.4, -0.2) is 26.2 Å². The lowest BCUT2D eigenvalue weighted by Crippen LogP contribution is -2.37. The van der Waals surface area contributed by atoms with Crippen LogP contribution in [0.5, 0.6) is 5.75 Å². The first kappa shape index (κ1) is 15.6. The molecular formula is C10H13F3N2O3S. The monoisotopic (exact) mass is 298 g/mol. The summed E-state index contributed by atoms with van der Waals surface area (Å²) in [6.07, 6.45) is -4.63. The second kappa shape index (κ2) is 5.25. The van der Waals surface area contributed by atoms with Gasteiger partial charge >= 0.3 is 6.18 Å². The number of aryl methyl sites for hydroxylation is 2. The van der Waals surface area contributed by atoms with Crippen molar-refractivity contribution in [3.63, 3.8) is 0 Å². The maximum Gasteiger partial charge on any atom is 0.402 e. The average molecular weight is 298 g/mol. The molecule has 0 amide bonds. The van der Waals surface area contributed by atoms with Gasteiger partial charge in [-0.15, -0.1) is 0 Å². The van der Waals surface area contributed by atoms with Crippen molar-refractivity contribution in [2.45, 2.75) is 20.0 Å². The van der Waals surface area contributed by atoms with Crippen LogP contribution in [0.1, 0.15) is 11.1 Å². The smallest absolute Gasteiger partial charge is 0.402 e. The molecule has 0 atom stereocenters. The van der Waals surface area contributed by atoms with E-state index in [0.717, 1.165) is 0 Å². The number of alkyl halides is 3. The number of benzene rings is 1.